The maximum absolute atomic E-state index is 6.02. The third-order valence-electron chi connectivity index (χ3n) is 4.36. The average Bonchev–Trinajstić information content (AvgIpc) is 2.63. The summed E-state index contributed by atoms with van der Waals surface area (Å²) >= 11 is 0. The van der Waals surface area contributed by atoms with E-state index in [2.05, 4.69) is 64.2 Å². The van der Waals surface area contributed by atoms with E-state index in [1.807, 2.05) is 12.4 Å². The molecule has 1 aliphatic heterocycles. The molecule has 0 spiro atoms. The van der Waals surface area contributed by atoms with Gasteiger partial charge >= 0.3 is 0 Å². The fourth-order valence-electron chi connectivity index (χ4n) is 3.12. The number of hydrogen-bond acceptors (Lipinski definition) is 4. The quantitative estimate of drug-likeness (QED) is 0.704. The van der Waals surface area contributed by atoms with Gasteiger partial charge in [0.25, 0.3) is 0 Å². The lowest BCUT2D eigenvalue weighted by Crippen LogP contribution is -2.51. The van der Waals surface area contributed by atoms with E-state index in [1.165, 1.54) is 11.3 Å². The fraction of sp³-hybridized carbons (Fsp3) is 0.421. The van der Waals surface area contributed by atoms with Gasteiger partial charge in [-0.05, 0) is 24.6 Å². The van der Waals surface area contributed by atoms with Crippen molar-refractivity contribution in [1.82, 2.24) is 9.88 Å². The molecule has 0 amide bonds. The molecule has 0 aliphatic carbocycles. The van der Waals surface area contributed by atoms with Crippen molar-refractivity contribution in [3.8, 4) is 0 Å². The highest BCUT2D eigenvalue weighted by Gasteiger charge is 2.24. The van der Waals surface area contributed by atoms with E-state index in [1.54, 1.807) is 0 Å². The molecule has 0 N–H and O–H groups in total. The fourth-order valence-corrected chi connectivity index (χ4v) is 3.12. The molecule has 0 saturated carbocycles. The first-order chi connectivity index (χ1) is 11.4. The van der Waals surface area contributed by atoms with E-state index in [0.29, 0.717) is 0 Å². The summed E-state index contributed by atoms with van der Waals surface area (Å²) in [4.78, 5) is 8.98. The third-order valence-corrected chi connectivity index (χ3v) is 4.36. The number of benzene rings is 1. The molecule has 0 radical (unpaired) electrons. The van der Waals surface area contributed by atoms with Crippen LogP contribution in [0.25, 0.3) is 0 Å². The molecule has 2 aromatic rings. The van der Waals surface area contributed by atoms with Crippen LogP contribution in [0.4, 0.5) is 5.69 Å². The smallest absolute Gasteiger partial charge is 0.114 e. The number of rotatable bonds is 6. The van der Waals surface area contributed by atoms with Crippen LogP contribution in [-0.2, 0) is 11.2 Å². The minimum atomic E-state index is 0. The molecule has 26 heavy (non-hydrogen) atoms. The van der Waals surface area contributed by atoms with Gasteiger partial charge in [0.1, 0.15) is 6.23 Å². The maximum Gasteiger partial charge on any atom is 0.114 e. The van der Waals surface area contributed by atoms with Gasteiger partial charge in [-0.1, -0.05) is 30.3 Å². The zero-order valence-electron chi connectivity index (χ0n) is 15.0. The Labute approximate surface area is 175 Å². The van der Waals surface area contributed by atoms with Gasteiger partial charge in [0.05, 0.1) is 0 Å². The monoisotopic (exact) mass is 419 g/mol. The second kappa shape index (κ2) is 13.2. The number of hydrogen-bond donors (Lipinski definition) is 0. The molecule has 0 bridgehead atoms. The normalized spacial score (nSPS) is 15.2. The summed E-state index contributed by atoms with van der Waals surface area (Å²) in [5.41, 5.74) is 2.60. The van der Waals surface area contributed by atoms with Crippen LogP contribution in [0.1, 0.15) is 12.5 Å². The summed E-state index contributed by atoms with van der Waals surface area (Å²) in [6.07, 6.45) is 4.84. The van der Waals surface area contributed by atoms with Crippen molar-refractivity contribution in [3.63, 3.8) is 0 Å². The molecule has 1 atom stereocenters. The van der Waals surface area contributed by atoms with Crippen LogP contribution in [-0.4, -0.2) is 48.9 Å². The molecular weight excluding hydrogens is 393 g/mol. The van der Waals surface area contributed by atoms with Gasteiger partial charge in [-0.3, -0.25) is 9.88 Å². The summed E-state index contributed by atoms with van der Waals surface area (Å²) in [6.45, 7) is 6.94. The highest BCUT2D eigenvalue weighted by molar-refractivity contribution is 5.86. The lowest BCUT2D eigenvalue weighted by molar-refractivity contribution is -0.0560. The Hall–Kier alpha value is -1.04. The zero-order chi connectivity index (χ0) is 15.9. The lowest BCUT2D eigenvalue weighted by Gasteiger charge is -2.40. The van der Waals surface area contributed by atoms with E-state index in [0.717, 1.165) is 39.2 Å². The highest BCUT2D eigenvalue weighted by Crippen LogP contribution is 2.18. The summed E-state index contributed by atoms with van der Waals surface area (Å²) < 4.78 is 6.02. The van der Waals surface area contributed by atoms with Gasteiger partial charge < -0.3 is 9.64 Å². The molecule has 146 valence electrons. The largest absolute Gasteiger partial charge is 0.369 e. The molecule has 1 aromatic carbocycles. The Bertz CT molecular complexity index is 581. The molecule has 7 heteroatoms. The van der Waals surface area contributed by atoms with Gasteiger partial charge in [0.2, 0.25) is 0 Å². The van der Waals surface area contributed by atoms with E-state index in [-0.39, 0.29) is 43.4 Å². The van der Waals surface area contributed by atoms with Crippen molar-refractivity contribution in [3.05, 3.63) is 60.4 Å². The lowest BCUT2D eigenvalue weighted by atomic mass is 10.1. The highest BCUT2D eigenvalue weighted by atomic mass is 35.5. The predicted molar refractivity (Wildman–Crippen MR) is 115 cm³/mol. The molecule has 3 rings (SSSR count). The van der Waals surface area contributed by atoms with Gasteiger partial charge in [0, 0.05) is 57.3 Å². The van der Waals surface area contributed by atoms with E-state index in [4.69, 9.17) is 4.74 Å². The molecule has 1 fully saturated rings. The van der Waals surface area contributed by atoms with Crippen LogP contribution in [0, 0.1) is 0 Å². The molecule has 1 aromatic heterocycles. The first kappa shape index (κ1) is 25.0. The van der Waals surface area contributed by atoms with Crippen LogP contribution in [0.15, 0.2) is 54.9 Å². The van der Waals surface area contributed by atoms with Crippen molar-refractivity contribution in [2.45, 2.75) is 19.6 Å². The Morgan fingerprint density at radius 3 is 2.12 bits per heavy atom. The Morgan fingerprint density at radius 2 is 1.54 bits per heavy atom. The van der Waals surface area contributed by atoms with Gasteiger partial charge in [-0.25, -0.2) is 0 Å². The SMILES string of the molecule is CCOC(Cc1ccccc1)N1CCN(c2ccncc2)CC1.Cl.Cl.Cl. The molecule has 1 saturated heterocycles. The number of ether oxygens (including phenoxy) is 1. The van der Waals surface area contributed by atoms with E-state index >= 15 is 0 Å². The van der Waals surface area contributed by atoms with E-state index < -0.39 is 0 Å². The van der Waals surface area contributed by atoms with Gasteiger partial charge in [-0.2, -0.15) is 0 Å². The number of halogens is 3. The van der Waals surface area contributed by atoms with Crippen LogP contribution in [0.3, 0.4) is 0 Å². The second-order valence-electron chi connectivity index (χ2n) is 5.83. The number of pyridine rings is 1. The molecular formula is C19H28Cl3N3O. The van der Waals surface area contributed by atoms with Crippen LogP contribution in [0.5, 0.6) is 0 Å². The van der Waals surface area contributed by atoms with Crippen molar-refractivity contribution in [2.24, 2.45) is 0 Å². The minimum Gasteiger partial charge on any atom is -0.369 e. The van der Waals surface area contributed by atoms with Crippen LogP contribution >= 0.6 is 37.2 Å². The number of aromatic nitrogens is 1. The van der Waals surface area contributed by atoms with Crippen molar-refractivity contribution in [2.75, 3.05) is 37.7 Å². The number of anilines is 1. The zero-order valence-corrected chi connectivity index (χ0v) is 17.4. The molecule has 4 nitrogen and oxygen atoms in total. The number of nitrogens with zero attached hydrogens (tertiary/aromatic N) is 3. The van der Waals surface area contributed by atoms with E-state index in [9.17, 15) is 0 Å². The number of piperazine rings is 1. The standard InChI is InChI=1S/C19H25N3O.3ClH/c1-2-23-19(16-17-6-4-3-5-7-17)22-14-12-21(13-15-22)18-8-10-20-11-9-18;;;/h3-11,19H,2,12-16H2,1H3;3*1H. The summed E-state index contributed by atoms with van der Waals surface area (Å²) in [6, 6.07) is 14.8. The van der Waals surface area contributed by atoms with Crippen molar-refractivity contribution < 1.29 is 4.74 Å². The first-order valence-corrected chi connectivity index (χ1v) is 8.41. The molecule has 2 heterocycles. The predicted octanol–water partition coefficient (Wildman–Crippen LogP) is 4.07. The summed E-state index contributed by atoms with van der Waals surface area (Å²) in [5, 5.41) is 0. The van der Waals surface area contributed by atoms with Gasteiger partial charge in [0.15, 0.2) is 0 Å². The Kier molecular flexibility index (Phi) is 12.7. The van der Waals surface area contributed by atoms with Crippen molar-refractivity contribution >= 4 is 42.9 Å². The van der Waals surface area contributed by atoms with Gasteiger partial charge in [-0.15, -0.1) is 37.2 Å². The topological polar surface area (TPSA) is 28.6 Å². The average molecular weight is 421 g/mol. The first-order valence-electron chi connectivity index (χ1n) is 8.41. The molecule has 1 unspecified atom stereocenters. The molecule has 1 aliphatic rings. The van der Waals surface area contributed by atoms with Crippen LogP contribution < -0.4 is 4.90 Å². The minimum absolute atomic E-state index is 0. The third kappa shape index (κ3) is 6.93. The van der Waals surface area contributed by atoms with Crippen molar-refractivity contribution in [1.29, 1.82) is 0 Å². The summed E-state index contributed by atoms with van der Waals surface area (Å²) in [5.74, 6) is 0. The van der Waals surface area contributed by atoms with Crippen LogP contribution in [0.2, 0.25) is 0 Å². The maximum atomic E-state index is 6.02. The Balaban J connectivity index is 0.00000208. The second-order valence-corrected chi connectivity index (χ2v) is 5.83. The Morgan fingerprint density at radius 1 is 0.923 bits per heavy atom. The summed E-state index contributed by atoms with van der Waals surface area (Å²) in [7, 11) is 0.